The van der Waals surface area contributed by atoms with Gasteiger partial charge in [0.05, 0.1) is 6.61 Å². The first-order chi connectivity index (χ1) is 10.1. The van der Waals surface area contributed by atoms with Crippen LogP contribution in [0.1, 0.15) is 6.92 Å². The first-order valence-corrected chi connectivity index (χ1v) is 6.57. The van der Waals surface area contributed by atoms with Gasteiger partial charge in [-0.05, 0) is 19.1 Å². The molecule has 1 aliphatic heterocycles. The molecule has 1 aromatic carbocycles. The van der Waals surface area contributed by atoms with Gasteiger partial charge in [-0.3, -0.25) is 4.79 Å². The SMILES string of the molecule is CC1Oc2ccccc2OC1C(=O)NCCOCC(=O)O. The molecule has 0 radical (unpaired) electrons. The second kappa shape index (κ2) is 6.94. The van der Waals surface area contributed by atoms with Gasteiger partial charge in [0.2, 0.25) is 6.10 Å². The van der Waals surface area contributed by atoms with Gasteiger partial charge in [0.15, 0.2) is 11.5 Å². The number of carbonyl (C=O) groups is 2. The molecule has 114 valence electrons. The van der Waals surface area contributed by atoms with Crippen molar-refractivity contribution < 1.29 is 28.9 Å². The van der Waals surface area contributed by atoms with E-state index in [4.69, 9.17) is 19.3 Å². The number of rotatable bonds is 6. The van der Waals surface area contributed by atoms with Crippen LogP contribution in [0.25, 0.3) is 0 Å². The van der Waals surface area contributed by atoms with Crippen molar-refractivity contribution in [3.05, 3.63) is 24.3 Å². The van der Waals surface area contributed by atoms with Gasteiger partial charge in [0.25, 0.3) is 5.91 Å². The van der Waals surface area contributed by atoms with Crippen molar-refractivity contribution in [3.63, 3.8) is 0 Å². The van der Waals surface area contributed by atoms with Crippen LogP contribution in [0.15, 0.2) is 24.3 Å². The zero-order chi connectivity index (χ0) is 15.2. The van der Waals surface area contributed by atoms with E-state index in [1.165, 1.54) is 0 Å². The molecule has 1 aliphatic rings. The lowest BCUT2D eigenvalue weighted by Crippen LogP contribution is -2.49. The molecule has 0 spiro atoms. The molecule has 1 heterocycles. The summed E-state index contributed by atoms with van der Waals surface area (Å²) in [6.45, 7) is 1.70. The lowest BCUT2D eigenvalue weighted by atomic mass is 10.1. The van der Waals surface area contributed by atoms with Crippen molar-refractivity contribution >= 4 is 11.9 Å². The highest BCUT2D eigenvalue weighted by atomic mass is 16.6. The zero-order valence-electron chi connectivity index (χ0n) is 11.6. The number of aliphatic carboxylic acids is 1. The number of fused-ring (bicyclic) bond motifs is 1. The van der Waals surface area contributed by atoms with Gasteiger partial charge in [-0.25, -0.2) is 4.79 Å². The number of carboxylic acids is 1. The molecule has 2 atom stereocenters. The van der Waals surface area contributed by atoms with Crippen molar-refractivity contribution in [2.45, 2.75) is 19.1 Å². The van der Waals surface area contributed by atoms with Gasteiger partial charge >= 0.3 is 5.97 Å². The third-order valence-corrected chi connectivity index (χ3v) is 2.87. The smallest absolute Gasteiger partial charge is 0.329 e. The highest BCUT2D eigenvalue weighted by Gasteiger charge is 2.33. The van der Waals surface area contributed by atoms with Crippen LogP contribution in [0.2, 0.25) is 0 Å². The number of hydrogen-bond donors (Lipinski definition) is 2. The van der Waals surface area contributed by atoms with Gasteiger partial charge in [0, 0.05) is 6.54 Å². The molecule has 7 heteroatoms. The molecule has 0 aromatic heterocycles. The third-order valence-electron chi connectivity index (χ3n) is 2.87. The molecule has 2 rings (SSSR count). The number of benzene rings is 1. The zero-order valence-corrected chi connectivity index (χ0v) is 11.6. The number of amides is 1. The van der Waals surface area contributed by atoms with Crippen molar-refractivity contribution in [2.24, 2.45) is 0 Å². The summed E-state index contributed by atoms with van der Waals surface area (Å²) in [5, 5.41) is 11.0. The van der Waals surface area contributed by atoms with E-state index in [2.05, 4.69) is 5.32 Å². The number of ether oxygens (including phenoxy) is 3. The second-order valence-electron chi connectivity index (χ2n) is 4.55. The molecule has 2 N–H and O–H groups in total. The largest absolute Gasteiger partial charge is 0.482 e. The molecular formula is C14H17NO6. The molecule has 1 amide bonds. The fourth-order valence-corrected chi connectivity index (χ4v) is 1.91. The molecule has 0 fully saturated rings. The van der Waals surface area contributed by atoms with E-state index in [1.807, 2.05) is 6.07 Å². The molecule has 0 saturated heterocycles. The maximum atomic E-state index is 12.0. The molecule has 0 saturated carbocycles. The number of hydrogen-bond acceptors (Lipinski definition) is 5. The Morgan fingerprint density at radius 2 is 1.95 bits per heavy atom. The molecule has 2 unspecified atom stereocenters. The van der Waals surface area contributed by atoms with Crippen LogP contribution in [0.4, 0.5) is 0 Å². The summed E-state index contributed by atoms with van der Waals surface area (Å²) in [5.41, 5.74) is 0. The van der Waals surface area contributed by atoms with E-state index >= 15 is 0 Å². The highest BCUT2D eigenvalue weighted by Crippen LogP contribution is 2.33. The molecule has 1 aromatic rings. The Labute approximate surface area is 121 Å². The monoisotopic (exact) mass is 295 g/mol. The first kappa shape index (κ1) is 15.1. The molecule has 0 aliphatic carbocycles. The van der Waals surface area contributed by atoms with Crippen LogP contribution in [0.3, 0.4) is 0 Å². The predicted octanol–water partition coefficient (Wildman–Crippen LogP) is 0.432. The van der Waals surface area contributed by atoms with E-state index in [0.29, 0.717) is 11.5 Å². The van der Waals surface area contributed by atoms with Gasteiger partial charge < -0.3 is 24.6 Å². The van der Waals surface area contributed by atoms with Gasteiger partial charge in [-0.1, -0.05) is 12.1 Å². The van der Waals surface area contributed by atoms with E-state index in [1.54, 1.807) is 25.1 Å². The number of carbonyl (C=O) groups excluding carboxylic acids is 1. The third kappa shape index (κ3) is 4.09. The van der Waals surface area contributed by atoms with Crippen molar-refractivity contribution in [1.29, 1.82) is 0 Å². The Morgan fingerprint density at radius 3 is 2.62 bits per heavy atom. The fraction of sp³-hybridized carbons (Fsp3) is 0.429. The summed E-state index contributed by atoms with van der Waals surface area (Å²) >= 11 is 0. The van der Waals surface area contributed by atoms with E-state index in [0.717, 1.165) is 0 Å². The summed E-state index contributed by atoms with van der Waals surface area (Å²) in [4.78, 5) is 22.3. The van der Waals surface area contributed by atoms with E-state index in [-0.39, 0.29) is 25.7 Å². The summed E-state index contributed by atoms with van der Waals surface area (Å²) in [7, 11) is 0. The lowest BCUT2D eigenvalue weighted by molar-refractivity contribution is -0.142. The minimum atomic E-state index is -1.05. The predicted molar refractivity (Wildman–Crippen MR) is 72.4 cm³/mol. The summed E-state index contributed by atoms with van der Waals surface area (Å²) < 4.78 is 16.1. The molecular weight excluding hydrogens is 278 g/mol. The average molecular weight is 295 g/mol. The van der Waals surface area contributed by atoms with Crippen LogP contribution in [-0.4, -0.2) is 48.9 Å². The topological polar surface area (TPSA) is 94.1 Å². The van der Waals surface area contributed by atoms with Crippen LogP contribution < -0.4 is 14.8 Å². The van der Waals surface area contributed by atoms with E-state index < -0.39 is 18.2 Å². The maximum Gasteiger partial charge on any atom is 0.329 e. The lowest BCUT2D eigenvalue weighted by Gasteiger charge is -2.30. The number of nitrogens with one attached hydrogen (secondary N) is 1. The van der Waals surface area contributed by atoms with E-state index in [9.17, 15) is 9.59 Å². The molecule has 21 heavy (non-hydrogen) atoms. The summed E-state index contributed by atoms with van der Waals surface area (Å²) in [5.74, 6) is -0.233. The van der Waals surface area contributed by atoms with Gasteiger partial charge in [-0.2, -0.15) is 0 Å². The Bertz CT molecular complexity index is 518. The first-order valence-electron chi connectivity index (χ1n) is 6.57. The highest BCUT2D eigenvalue weighted by molar-refractivity contribution is 5.82. The Morgan fingerprint density at radius 1 is 1.29 bits per heavy atom. The minimum Gasteiger partial charge on any atom is -0.482 e. The summed E-state index contributed by atoms with van der Waals surface area (Å²) in [6.07, 6.45) is -1.17. The normalized spacial score (nSPS) is 19.9. The maximum absolute atomic E-state index is 12.0. The van der Waals surface area contributed by atoms with Crippen molar-refractivity contribution in [1.82, 2.24) is 5.32 Å². The fourth-order valence-electron chi connectivity index (χ4n) is 1.91. The Balaban J connectivity index is 1.82. The van der Waals surface area contributed by atoms with Crippen molar-refractivity contribution in [2.75, 3.05) is 19.8 Å². The standard InChI is InChI=1S/C14H17NO6/c1-9-13(14(18)15-6-7-19-8-12(16)17)21-11-5-3-2-4-10(11)20-9/h2-5,9,13H,6-8H2,1H3,(H,15,18)(H,16,17). The number of para-hydroxylation sites is 2. The second-order valence-corrected chi connectivity index (χ2v) is 4.55. The average Bonchev–Trinajstić information content (AvgIpc) is 2.45. The van der Waals surface area contributed by atoms with Crippen LogP contribution in [-0.2, 0) is 14.3 Å². The summed E-state index contributed by atoms with van der Waals surface area (Å²) in [6, 6.07) is 7.14. The minimum absolute atomic E-state index is 0.122. The quantitative estimate of drug-likeness (QED) is 0.739. The Hall–Kier alpha value is -2.28. The molecule has 7 nitrogen and oxygen atoms in total. The van der Waals surface area contributed by atoms with Crippen LogP contribution >= 0.6 is 0 Å². The van der Waals surface area contributed by atoms with Crippen LogP contribution in [0.5, 0.6) is 11.5 Å². The van der Waals surface area contributed by atoms with Crippen LogP contribution in [0, 0.1) is 0 Å². The van der Waals surface area contributed by atoms with Crippen molar-refractivity contribution in [3.8, 4) is 11.5 Å². The van der Waals surface area contributed by atoms with Gasteiger partial charge in [-0.15, -0.1) is 0 Å². The number of carboxylic acid groups (broad SMARTS) is 1. The van der Waals surface area contributed by atoms with Gasteiger partial charge in [0.1, 0.15) is 12.7 Å². The Kier molecular flexibility index (Phi) is 4.99. The molecule has 0 bridgehead atoms.